The van der Waals surface area contributed by atoms with Crippen LogP contribution in [0.2, 0.25) is 0 Å². The zero-order valence-electron chi connectivity index (χ0n) is 13.7. The molecule has 0 spiro atoms. The van der Waals surface area contributed by atoms with E-state index in [9.17, 15) is 4.79 Å². The largest absolute Gasteiger partial charge is 0.479 e. The number of carboxylic acids is 1. The molecule has 2 rings (SSSR count). The summed E-state index contributed by atoms with van der Waals surface area (Å²) in [4.78, 5) is 19.5. The summed E-state index contributed by atoms with van der Waals surface area (Å²) in [7, 11) is 0. The Hall–Kier alpha value is -2.44. The predicted molar refractivity (Wildman–Crippen MR) is 91.1 cm³/mol. The molecule has 24 heavy (non-hydrogen) atoms. The summed E-state index contributed by atoms with van der Waals surface area (Å²) in [5.41, 5.74) is 2.38. The smallest absolute Gasteiger partial charge is 0.334 e. The van der Waals surface area contributed by atoms with Gasteiger partial charge in [0, 0.05) is 12.4 Å². The number of imidazole rings is 1. The molecule has 2 aromatic rings. The fourth-order valence-corrected chi connectivity index (χ4v) is 2.64. The number of aliphatic carboxylic acids is 1. The van der Waals surface area contributed by atoms with Gasteiger partial charge in [-0.25, -0.2) is 15.7 Å². The van der Waals surface area contributed by atoms with Crippen molar-refractivity contribution >= 4 is 5.97 Å². The quantitative estimate of drug-likeness (QED) is 0.545. The van der Waals surface area contributed by atoms with Crippen molar-refractivity contribution in [1.82, 2.24) is 9.55 Å². The van der Waals surface area contributed by atoms with E-state index in [4.69, 9.17) is 11.0 Å². The van der Waals surface area contributed by atoms with Crippen LogP contribution in [0.15, 0.2) is 60.7 Å². The molecule has 0 saturated carbocycles. The van der Waals surface area contributed by atoms with E-state index in [0.29, 0.717) is 12.8 Å². The van der Waals surface area contributed by atoms with Crippen molar-refractivity contribution in [3.05, 3.63) is 66.3 Å². The minimum Gasteiger partial charge on any atom is -0.479 e. The number of rotatable bonds is 9. The van der Waals surface area contributed by atoms with Gasteiger partial charge in [-0.3, -0.25) is 4.84 Å². The van der Waals surface area contributed by atoms with Gasteiger partial charge in [0.1, 0.15) is 0 Å². The predicted octanol–water partition coefficient (Wildman–Crippen LogP) is 2.74. The minimum absolute atomic E-state index is 0.136. The molecular formula is C18H23N3O3. The maximum atomic E-state index is 10.9. The standard InChI is InChI=1S/C18H23N3O3/c1-14(6-5-9-17(24-19)18(22)23)16(21-11-10-20-13-21)12-15-7-3-2-4-8-15/h2-4,6-8,10-11,13,16-17H,5,9,12,19H2,1H3,(H,22,23). The van der Waals surface area contributed by atoms with E-state index in [2.05, 4.69) is 26.5 Å². The van der Waals surface area contributed by atoms with Gasteiger partial charge < -0.3 is 9.67 Å². The van der Waals surface area contributed by atoms with Gasteiger partial charge in [-0.1, -0.05) is 42.0 Å². The van der Waals surface area contributed by atoms with Gasteiger partial charge in [0.05, 0.1) is 12.4 Å². The van der Waals surface area contributed by atoms with Crippen LogP contribution in [0.3, 0.4) is 0 Å². The number of nitrogens with zero attached hydrogens (tertiary/aromatic N) is 2. The topological polar surface area (TPSA) is 90.4 Å². The fraction of sp³-hybridized carbons (Fsp3) is 0.333. The Morgan fingerprint density at radius 3 is 2.75 bits per heavy atom. The van der Waals surface area contributed by atoms with Crippen LogP contribution in [0.5, 0.6) is 0 Å². The van der Waals surface area contributed by atoms with Gasteiger partial charge in [-0.05, 0) is 31.7 Å². The lowest BCUT2D eigenvalue weighted by molar-refractivity contribution is -0.151. The van der Waals surface area contributed by atoms with Crippen molar-refractivity contribution in [3.63, 3.8) is 0 Å². The average Bonchev–Trinajstić information content (AvgIpc) is 3.11. The lowest BCUT2D eigenvalue weighted by atomic mass is 9.98. The highest BCUT2D eigenvalue weighted by molar-refractivity contribution is 5.72. The molecule has 6 nitrogen and oxygen atoms in total. The second-order valence-corrected chi connectivity index (χ2v) is 5.70. The van der Waals surface area contributed by atoms with Gasteiger partial charge in [-0.2, -0.15) is 0 Å². The number of carboxylic acid groups (broad SMARTS) is 1. The third kappa shape index (κ3) is 5.04. The maximum absolute atomic E-state index is 10.9. The zero-order chi connectivity index (χ0) is 17.4. The highest BCUT2D eigenvalue weighted by Gasteiger charge is 2.17. The molecule has 6 heteroatoms. The molecule has 0 radical (unpaired) electrons. The van der Waals surface area contributed by atoms with Crippen LogP contribution in [0.25, 0.3) is 0 Å². The van der Waals surface area contributed by atoms with Gasteiger partial charge in [-0.15, -0.1) is 0 Å². The molecule has 1 heterocycles. The summed E-state index contributed by atoms with van der Waals surface area (Å²) in [6.07, 6.45) is 8.33. The molecular weight excluding hydrogens is 306 g/mol. The number of hydrogen-bond donors (Lipinski definition) is 2. The summed E-state index contributed by atoms with van der Waals surface area (Å²) < 4.78 is 2.06. The van der Waals surface area contributed by atoms with Crippen LogP contribution in [-0.4, -0.2) is 26.7 Å². The second kappa shape index (κ2) is 9.00. The molecule has 1 aromatic heterocycles. The van der Waals surface area contributed by atoms with Crippen LogP contribution in [-0.2, 0) is 16.1 Å². The third-order valence-corrected chi connectivity index (χ3v) is 4.02. The van der Waals surface area contributed by atoms with E-state index < -0.39 is 12.1 Å². The first-order chi connectivity index (χ1) is 11.6. The summed E-state index contributed by atoms with van der Waals surface area (Å²) in [5.74, 6) is 3.97. The SMILES string of the molecule is CC(=CCCC(ON)C(=O)O)C(Cc1ccccc1)n1ccnc1. The molecule has 0 saturated heterocycles. The summed E-state index contributed by atoms with van der Waals surface area (Å²) in [6.45, 7) is 2.05. The van der Waals surface area contributed by atoms with Crippen molar-refractivity contribution < 1.29 is 14.7 Å². The van der Waals surface area contributed by atoms with E-state index in [0.717, 1.165) is 12.0 Å². The molecule has 0 aliphatic rings. The first-order valence-corrected chi connectivity index (χ1v) is 7.88. The van der Waals surface area contributed by atoms with Gasteiger partial charge >= 0.3 is 5.97 Å². The molecule has 1 aromatic carbocycles. The van der Waals surface area contributed by atoms with Crippen LogP contribution >= 0.6 is 0 Å². The number of benzene rings is 1. The molecule has 0 fully saturated rings. The van der Waals surface area contributed by atoms with E-state index in [1.165, 1.54) is 5.56 Å². The van der Waals surface area contributed by atoms with E-state index >= 15 is 0 Å². The van der Waals surface area contributed by atoms with Crippen LogP contribution in [0, 0.1) is 0 Å². The number of nitrogens with two attached hydrogens (primary N) is 1. The highest BCUT2D eigenvalue weighted by atomic mass is 16.6. The Labute approximate surface area is 141 Å². The maximum Gasteiger partial charge on any atom is 0.334 e. The normalized spacial score (nSPS) is 14.3. The van der Waals surface area contributed by atoms with Crippen molar-refractivity contribution in [3.8, 4) is 0 Å². The van der Waals surface area contributed by atoms with Gasteiger partial charge in [0.15, 0.2) is 6.10 Å². The van der Waals surface area contributed by atoms with Crippen LogP contribution < -0.4 is 5.90 Å². The Morgan fingerprint density at radius 1 is 1.42 bits per heavy atom. The first-order valence-electron chi connectivity index (χ1n) is 7.88. The minimum atomic E-state index is -1.04. The second-order valence-electron chi connectivity index (χ2n) is 5.70. The highest BCUT2D eigenvalue weighted by Crippen LogP contribution is 2.23. The molecule has 0 aliphatic carbocycles. The van der Waals surface area contributed by atoms with Gasteiger partial charge in [0.2, 0.25) is 0 Å². The molecule has 2 unspecified atom stereocenters. The monoisotopic (exact) mass is 329 g/mol. The van der Waals surface area contributed by atoms with E-state index in [1.54, 1.807) is 12.5 Å². The molecule has 0 amide bonds. The Bertz CT molecular complexity index is 653. The average molecular weight is 329 g/mol. The Balaban J connectivity index is 2.08. The lowest BCUT2D eigenvalue weighted by Crippen LogP contribution is -2.26. The van der Waals surface area contributed by atoms with Crippen LogP contribution in [0.4, 0.5) is 0 Å². The van der Waals surface area contributed by atoms with Crippen molar-refractivity contribution in [2.45, 2.75) is 38.3 Å². The lowest BCUT2D eigenvalue weighted by Gasteiger charge is -2.20. The Morgan fingerprint density at radius 2 is 2.17 bits per heavy atom. The summed E-state index contributed by atoms with van der Waals surface area (Å²) in [5, 5.41) is 8.95. The summed E-state index contributed by atoms with van der Waals surface area (Å²) in [6, 6.07) is 10.4. The number of allylic oxidation sites excluding steroid dienone is 2. The van der Waals surface area contributed by atoms with E-state index in [-0.39, 0.29) is 6.04 Å². The van der Waals surface area contributed by atoms with Crippen molar-refractivity contribution in [1.29, 1.82) is 0 Å². The fourth-order valence-electron chi connectivity index (χ4n) is 2.64. The number of hydrogen-bond acceptors (Lipinski definition) is 4. The number of carbonyl (C=O) groups is 1. The van der Waals surface area contributed by atoms with Crippen molar-refractivity contribution in [2.24, 2.45) is 5.90 Å². The third-order valence-electron chi connectivity index (χ3n) is 4.02. The molecule has 128 valence electrons. The molecule has 0 bridgehead atoms. The number of aromatic nitrogens is 2. The molecule has 0 aliphatic heterocycles. The zero-order valence-corrected chi connectivity index (χ0v) is 13.7. The molecule has 3 N–H and O–H groups in total. The van der Waals surface area contributed by atoms with E-state index in [1.807, 2.05) is 37.4 Å². The van der Waals surface area contributed by atoms with Gasteiger partial charge in [0.25, 0.3) is 0 Å². The summed E-state index contributed by atoms with van der Waals surface area (Å²) >= 11 is 0. The first kappa shape index (κ1) is 17.9. The van der Waals surface area contributed by atoms with Crippen molar-refractivity contribution in [2.75, 3.05) is 0 Å². The van der Waals surface area contributed by atoms with Crippen LogP contribution in [0.1, 0.15) is 31.4 Å². The Kier molecular flexibility index (Phi) is 6.72. The molecule has 2 atom stereocenters.